The van der Waals surface area contributed by atoms with E-state index >= 15 is 0 Å². The lowest BCUT2D eigenvalue weighted by Gasteiger charge is -2.04. The lowest BCUT2D eigenvalue weighted by Crippen LogP contribution is -2.03. The predicted octanol–water partition coefficient (Wildman–Crippen LogP) is 1.31. The Morgan fingerprint density at radius 2 is 2.20 bits per heavy atom. The average molecular weight is 203 g/mol. The fourth-order valence-electron chi connectivity index (χ4n) is 1.34. The first-order chi connectivity index (χ1) is 7.31. The second-order valence-corrected chi connectivity index (χ2v) is 3.16. The number of hydrogen-bond donors (Lipinski definition) is 1. The number of anilines is 1. The van der Waals surface area contributed by atoms with Crippen molar-refractivity contribution in [2.75, 3.05) is 11.9 Å². The van der Waals surface area contributed by atoms with Gasteiger partial charge in [0.15, 0.2) is 5.82 Å². The number of rotatable bonds is 3. The van der Waals surface area contributed by atoms with Crippen molar-refractivity contribution in [2.24, 2.45) is 7.05 Å². The predicted molar refractivity (Wildman–Crippen MR) is 58.4 cm³/mol. The molecule has 0 aromatic carbocycles. The van der Waals surface area contributed by atoms with Crippen LogP contribution in [0.3, 0.4) is 0 Å². The summed E-state index contributed by atoms with van der Waals surface area (Å²) in [6.07, 6.45) is 5.38. The zero-order valence-corrected chi connectivity index (χ0v) is 8.81. The van der Waals surface area contributed by atoms with Crippen LogP contribution in [-0.2, 0) is 7.05 Å². The van der Waals surface area contributed by atoms with Gasteiger partial charge in [0.25, 0.3) is 0 Å². The van der Waals surface area contributed by atoms with Gasteiger partial charge in [-0.2, -0.15) is 0 Å². The maximum Gasteiger partial charge on any atom is 0.223 e. The standard InChI is InChI=1S/C10H13N5/c1-3-11-10-13-5-4-8(14-10)9-12-6-7-15(9)2/h4-7H,3H2,1-2H3,(H,11,13,14). The molecule has 78 valence electrons. The molecule has 0 atom stereocenters. The van der Waals surface area contributed by atoms with E-state index in [1.807, 2.05) is 30.8 Å². The van der Waals surface area contributed by atoms with E-state index in [2.05, 4.69) is 20.3 Å². The summed E-state index contributed by atoms with van der Waals surface area (Å²) in [7, 11) is 1.94. The molecule has 0 aliphatic carbocycles. The number of aryl methyl sites for hydroxylation is 1. The molecule has 0 spiro atoms. The number of aromatic nitrogens is 4. The molecule has 2 heterocycles. The molecule has 2 aromatic heterocycles. The number of nitrogens with zero attached hydrogens (tertiary/aromatic N) is 4. The topological polar surface area (TPSA) is 55.6 Å². The van der Waals surface area contributed by atoms with Gasteiger partial charge in [-0.1, -0.05) is 0 Å². The monoisotopic (exact) mass is 203 g/mol. The van der Waals surface area contributed by atoms with E-state index in [9.17, 15) is 0 Å². The Hall–Kier alpha value is -1.91. The third-order valence-electron chi connectivity index (χ3n) is 2.04. The molecule has 0 saturated carbocycles. The Morgan fingerprint density at radius 3 is 2.87 bits per heavy atom. The molecule has 5 nitrogen and oxygen atoms in total. The molecule has 5 heteroatoms. The van der Waals surface area contributed by atoms with Gasteiger partial charge in [-0.25, -0.2) is 15.0 Å². The molecule has 0 fully saturated rings. The molecule has 0 radical (unpaired) electrons. The van der Waals surface area contributed by atoms with Crippen molar-refractivity contribution < 1.29 is 0 Å². The minimum atomic E-state index is 0.637. The van der Waals surface area contributed by atoms with Gasteiger partial charge in [0.05, 0.1) is 0 Å². The summed E-state index contributed by atoms with van der Waals surface area (Å²) in [5.74, 6) is 1.48. The van der Waals surface area contributed by atoms with Crippen molar-refractivity contribution in [2.45, 2.75) is 6.92 Å². The SMILES string of the molecule is CCNc1nccc(-c2nccn2C)n1. The minimum Gasteiger partial charge on any atom is -0.354 e. The summed E-state index contributed by atoms with van der Waals surface area (Å²) >= 11 is 0. The molecular weight excluding hydrogens is 190 g/mol. The van der Waals surface area contributed by atoms with Crippen LogP contribution in [0.25, 0.3) is 11.5 Å². The Kier molecular flexibility index (Phi) is 2.62. The first-order valence-electron chi connectivity index (χ1n) is 4.86. The lowest BCUT2D eigenvalue weighted by atomic mass is 10.4. The Bertz CT molecular complexity index is 449. The highest BCUT2D eigenvalue weighted by Gasteiger charge is 2.05. The van der Waals surface area contributed by atoms with E-state index in [-0.39, 0.29) is 0 Å². The second kappa shape index (κ2) is 4.08. The van der Waals surface area contributed by atoms with Crippen LogP contribution in [0.1, 0.15) is 6.92 Å². The number of imidazole rings is 1. The van der Waals surface area contributed by atoms with Crippen LogP contribution in [0, 0.1) is 0 Å². The molecule has 0 aliphatic heterocycles. The first-order valence-corrected chi connectivity index (χ1v) is 4.86. The van der Waals surface area contributed by atoms with Crippen molar-refractivity contribution in [3.63, 3.8) is 0 Å². The summed E-state index contributed by atoms with van der Waals surface area (Å²) in [6, 6.07) is 1.85. The largest absolute Gasteiger partial charge is 0.354 e. The zero-order valence-electron chi connectivity index (χ0n) is 8.81. The van der Waals surface area contributed by atoms with Crippen LogP contribution in [-0.4, -0.2) is 26.1 Å². The van der Waals surface area contributed by atoms with Crippen molar-refractivity contribution in [3.8, 4) is 11.5 Å². The summed E-state index contributed by atoms with van der Waals surface area (Å²) < 4.78 is 1.93. The van der Waals surface area contributed by atoms with Crippen LogP contribution < -0.4 is 5.32 Å². The minimum absolute atomic E-state index is 0.637. The Labute approximate surface area is 88.2 Å². The van der Waals surface area contributed by atoms with Crippen molar-refractivity contribution in [1.82, 2.24) is 19.5 Å². The van der Waals surface area contributed by atoms with Crippen molar-refractivity contribution in [1.29, 1.82) is 0 Å². The third-order valence-corrected chi connectivity index (χ3v) is 2.04. The molecule has 0 bridgehead atoms. The highest BCUT2D eigenvalue weighted by molar-refractivity contribution is 5.51. The number of hydrogen-bond acceptors (Lipinski definition) is 4. The lowest BCUT2D eigenvalue weighted by molar-refractivity contribution is 0.914. The molecule has 0 aliphatic rings. The van der Waals surface area contributed by atoms with E-state index in [0.29, 0.717) is 5.95 Å². The van der Waals surface area contributed by atoms with E-state index in [0.717, 1.165) is 18.1 Å². The average Bonchev–Trinajstić information content (AvgIpc) is 2.65. The van der Waals surface area contributed by atoms with E-state index in [1.165, 1.54) is 0 Å². The summed E-state index contributed by atoms with van der Waals surface area (Å²) in [5, 5.41) is 3.07. The molecule has 0 unspecified atom stereocenters. The fourth-order valence-corrected chi connectivity index (χ4v) is 1.34. The highest BCUT2D eigenvalue weighted by atomic mass is 15.1. The fraction of sp³-hybridized carbons (Fsp3) is 0.300. The van der Waals surface area contributed by atoms with Gasteiger partial charge >= 0.3 is 0 Å². The van der Waals surface area contributed by atoms with E-state index in [1.54, 1.807) is 12.4 Å². The molecule has 0 saturated heterocycles. The maximum atomic E-state index is 4.36. The molecule has 2 rings (SSSR count). The van der Waals surface area contributed by atoms with Gasteiger partial charge in [0.2, 0.25) is 5.95 Å². The maximum absolute atomic E-state index is 4.36. The Balaban J connectivity index is 2.37. The van der Waals surface area contributed by atoms with E-state index < -0.39 is 0 Å². The van der Waals surface area contributed by atoms with E-state index in [4.69, 9.17) is 0 Å². The second-order valence-electron chi connectivity index (χ2n) is 3.16. The number of nitrogens with one attached hydrogen (secondary N) is 1. The van der Waals surface area contributed by atoms with Crippen LogP contribution in [0.4, 0.5) is 5.95 Å². The van der Waals surface area contributed by atoms with Gasteiger partial charge in [-0.3, -0.25) is 0 Å². The van der Waals surface area contributed by atoms with Crippen LogP contribution in [0.15, 0.2) is 24.7 Å². The normalized spacial score (nSPS) is 10.3. The van der Waals surface area contributed by atoms with Gasteiger partial charge in [0, 0.05) is 32.2 Å². The molecule has 0 amide bonds. The highest BCUT2D eigenvalue weighted by Crippen LogP contribution is 2.13. The Morgan fingerprint density at radius 1 is 1.33 bits per heavy atom. The van der Waals surface area contributed by atoms with Gasteiger partial charge < -0.3 is 9.88 Å². The van der Waals surface area contributed by atoms with Crippen LogP contribution in [0.5, 0.6) is 0 Å². The van der Waals surface area contributed by atoms with Gasteiger partial charge in [0.1, 0.15) is 5.69 Å². The summed E-state index contributed by atoms with van der Waals surface area (Å²) in [4.78, 5) is 12.7. The molecular formula is C10H13N5. The first kappa shape index (κ1) is 9.64. The third kappa shape index (κ3) is 1.96. The quantitative estimate of drug-likeness (QED) is 0.817. The summed E-state index contributed by atoms with van der Waals surface area (Å²) in [6.45, 7) is 2.82. The molecule has 1 N–H and O–H groups in total. The van der Waals surface area contributed by atoms with Crippen LogP contribution in [0.2, 0.25) is 0 Å². The summed E-state index contributed by atoms with van der Waals surface area (Å²) in [5.41, 5.74) is 0.827. The van der Waals surface area contributed by atoms with Crippen molar-refractivity contribution in [3.05, 3.63) is 24.7 Å². The van der Waals surface area contributed by atoms with Crippen molar-refractivity contribution >= 4 is 5.95 Å². The van der Waals surface area contributed by atoms with Gasteiger partial charge in [-0.05, 0) is 13.0 Å². The van der Waals surface area contributed by atoms with Crippen LogP contribution >= 0.6 is 0 Å². The zero-order chi connectivity index (χ0) is 10.7. The smallest absolute Gasteiger partial charge is 0.223 e. The molecule has 15 heavy (non-hydrogen) atoms. The van der Waals surface area contributed by atoms with Gasteiger partial charge in [-0.15, -0.1) is 0 Å². The molecule has 2 aromatic rings.